The van der Waals surface area contributed by atoms with Crippen molar-refractivity contribution < 1.29 is 14.3 Å². The molecule has 0 bridgehead atoms. The van der Waals surface area contributed by atoms with Gasteiger partial charge in [-0.3, -0.25) is 4.79 Å². The molecule has 1 heterocycles. The van der Waals surface area contributed by atoms with Gasteiger partial charge in [0.1, 0.15) is 5.60 Å². The van der Waals surface area contributed by atoms with E-state index in [1.54, 1.807) is 0 Å². The van der Waals surface area contributed by atoms with Gasteiger partial charge in [0.05, 0.1) is 6.54 Å². The summed E-state index contributed by atoms with van der Waals surface area (Å²) in [6, 6.07) is 0.431. The number of likely N-dealkylation sites (tertiary alicyclic amines) is 1. The lowest BCUT2D eigenvalue weighted by Crippen LogP contribution is -2.41. The number of nitrogens with zero attached hydrogens (tertiary/aromatic N) is 1. The molecule has 0 radical (unpaired) electrons. The highest BCUT2D eigenvalue weighted by Crippen LogP contribution is 2.20. The molecule has 0 aromatic carbocycles. The Bertz CT molecular complexity index is 400. The molecule has 2 aliphatic rings. The molecule has 1 aliphatic heterocycles. The molecule has 22 heavy (non-hydrogen) atoms. The van der Waals surface area contributed by atoms with Gasteiger partial charge in [0.15, 0.2) is 0 Å². The summed E-state index contributed by atoms with van der Waals surface area (Å²) in [5.74, 6) is 0.195. The van der Waals surface area contributed by atoms with Crippen LogP contribution in [0.25, 0.3) is 0 Å². The smallest absolute Gasteiger partial charge is 0.407 e. The number of nitrogens with one attached hydrogen (secondary N) is 2. The van der Waals surface area contributed by atoms with Crippen LogP contribution in [0.5, 0.6) is 0 Å². The summed E-state index contributed by atoms with van der Waals surface area (Å²) in [6.07, 6.45) is 4.65. The molecule has 1 saturated heterocycles. The summed E-state index contributed by atoms with van der Waals surface area (Å²) in [5.41, 5.74) is -0.470. The van der Waals surface area contributed by atoms with Crippen LogP contribution < -0.4 is 10.6 Å². The van der Waals surface area contributed by atoms with Crippen LogP contribution in [0.15, 0.2) is 0 Å². The van der Waals surface area contributed by atoms with E-state index >= 15 is 0 Å². The van der Waals surface area contributed by atoms with Crippen molar-refractivity contribution >= 4 is 12.0 Å². The number of hydrogen-bond donors (Lipinski definition) is 2. The third-order valence-corrected chi connectivity index (χ3v) is 4.15. The molecule has 0 aromatic rings. The van der Waals surface area contributed by atoms with E-state index in [9.17, 15) is 9.59 Å². The van der Waals surface area contributed by atoms with Crippen molar-refractivity contribution in [1.29, 1.82) is 0 Å². The number of alkyl carbamates (subject to hydrolysis) is 1. The van der Waals surface area contributed by atoms with E-state index in [1.807, 2.05) is 25.7 Å². The Kier molecular flexibility index (Phi) is 5.67. The minimum atomic E-state index is -0.470. The average Bonchev–Trinajstić information content (AvgIpc) is 3.04. The molecule has 6 nitrogen and oxygen atoms in total. The van der Waals surface area contributed by atoms with E-state index in [0.717, 1.165) is 45.2 Å². The molecule has 126 valence electrons. The molecule has 2 amide bonds. The standard InChI is InChI=1S/C16H29N3O3/c1-16(2,3)22-15(21)18-13-7-6-12(10-13)17-11-14(20)19-8-4-5-9-19/h12-13,17H,4-11H2,1-3H3,(H,18,21). The zero-order valence-electron chi connectivity index (χ0n) is 14.0. The number of amides is 2. The summed E-state index contributed by atoms with van der Waals surface area (Å²) in [5, 5.41) is 6.24. The SMILES string of the molecule is CC(C)(C)OC(=O)NC1CCC(NCC(=O)N2CCCC2)C1. The molecule has 1 aliphatic carbocycles. The molecule has 1 saturated carbocycles. The second-order valence-electron chi connectivity index (χ2n) is 7.32. The van der Waals surface area contributed by atoms with E-state index in [4.69, 9.17) is 4.74 Å². The first-order valence-electron chi connectivity index (χ1n) is 8.34. The van der Waals surface area contributed by atoms with Gasteiger partial charge >= 0.3 is 6.09 Å². The lowest BCUT2D eigenvalue weighted by atomic mass is 10.2. The quantitative estimate of drug-likeness (QED) is 0.828. The van der Waals surface area contributed by atoms with Crippen LogP contribution in [0.3, 0.4) is 0 Å². The van der Waals surface area contributed by atoms with Crippen molar-refractivity contribution in [2.45, 2.75) is 70.6 Å². The minimum absolute atomic E-state index is 0.134. The van der Waals surface area contributed by atoms with Crippen LogP contribution >= 0.6 is 0 Å². The Hall–Kier alpha value is -1.30. The van der Waals surface area contributed by atoms with Crippen LogP contribution in [0.4, 0.5) is 4.79 Å². The summed E-state index contributed by atoms with van der Waals surface area (Å²) < 4.78 is 5.27. The Morgan fingerprint density at radius 1 is 1.14 bits per heavy atom. The summed E-state index contributed by atoms with van der Waals surface area (Å²) in [4.78, 5) is 25.7. The first kappa shape index (κ1) is 17.1. The van der Waals surface area contributed by atoms with Gasteiger partial charge in [0.2, 0.25) is 5.91 Å². The van der Waals surface area contributed by atoms with E-state index in [2.05, 4.69) is 10.6 Å². The van der Waals surface area contributed by atoms with Crippen molar-refractivity contribution in [3.05, 3.63) is 0 Å². The molecule has 6 heteroatoms. The van der Waals surface area contributed by atoms with Crippen molar-refractivity contribution in [1.82, 2.24) is 15.5 Å². The van der Waals surface area contributed by atoms with E-state index in [1.165, 1.54) is 0 Å². The lowest BCUT2D eigenvalue weighted by Gasteiger charge is -2.22. The first-order valence-corrected chi connectivity index (χ1v) is 8.34. The van der Waals surface area contributed by atoms with Gasteiger partial charge in [-0.1, -0.05) is 0 Å². The van der Waals surface area contributed by atoms with Gasteiger partial charge in [-0.25, -0.2) is 4.79 Å². The van der Waals surface area contributed by atoms with Crippen LogP contribution in [0.2, 0.25) is 0 Å². The normalized spacial score (nSPS) is 25.3. The topological polar surface area (TPSA) is 70.7 Å². The zero-order chi connectivity index (χ0) is 16.2. The Balaban J connectivity index is 1.65. The van der Waals surface area contributed by atoms with Crippen LogP contribution in [-0.4, -0.2) is 54.2 Å². The predicted molar refractivity (Wildman–Crippen MR) is 84.6 cm³/mol. The highest BCUT2D eigenvalue weighted by Gasteiger charge is 2.28. The lowest BCUT2D eigenvalue weighted by molar-refractivity contribution is -0.129. The fourth-order valence-electron chi connectivity index (χ4n) is 3.08. The van der Waals surface area contributed by atoms with Crippen molar-refractivity contribution in [3.63, 3.8) is 0 Å². The number of hydrogen-bond acceptors (Lipinski definition) is 4. The second kappa shape index (κ2) is 7.31. The van der Waals surface area contributed by atoms with Gasteiger partial charge < -0.3 is 20.3 Å². The summed E-state index contributed by atoms with van der Waals surface area (Å²) in [7, 11) is 0. The number of ether oxygens (including phenoxy) is 1. The Morgan fingerprint density at radius 2 is 1.77 bits per heavy atom. The fraction of sp³-hybridized carbons (Fsp3) is 0.875. The molecular weight excluding hydrogens is 282 g/mol. The third kappa shape index (κ3) is 5.48. The number of carbonyl (C=O) groups excluding carboxylic acids is 2. The third-order valence-electron chi connectivity index (χ3n) is 4.15. The van der Waals surface area contributed by atoms with Gasteiger partial charge in [0, 0.05) is 25.2 Å². The monoisotopic (exact) mass is 311 g/mol. The highest BCUT2D eigenvalue weighted by atomic mass is 16.6. The largest absolute Gasteiger partial charge is 0.444 e. The predicted octanol–water partition coefficient (Wildman–Crippen LogP) is 1.64. The van der Waals surface area contributed by atoms with Crippen LogP contribution in [-0.2, 0) is 9.53 Å². The molecule has 2 N–H and O–H groups in total. The number of rotatable bonds is 4. The maximum Gasteiger partial charge on any atom is 0.407 e. The maximum absolute atomic E-state index is 12.0. The molecule has 0 aromatic heterocycles. The summed E-state index contributed by atoms with van der Waals surface area (Å²) >= 11 is 0. The van der Waals surface area contributed by atoms with Crippen LogP contribution in [0, 0.1) is 0 Å². The van der Waals surface area contributed by atoms with Gasteiger partial charge in [-0.15, -0.1) is 0 Å². The Labute approximate surface area is 132 Å². The minimum Gasteiger partial charge on any atom is -0.444 e. The highest BCUT2D eigenvalue weighted by molar-refractivity contribution is 5.78. The average molecular weight is 311 g/mol. The number of carbonyl (C=O) groups is 2. The molecular formula is C16H29N3O3. The van der Waals surface area contributed by atoms with Crippen LogP contribution in [0.1, 0.15) is 52.9 Å². The second-order valence-corrected chi connectivity index (χ2v) is 7.32. The zero-order valence-corrected chi connectivity index (χ0v) is 14.0. The van der Waals surface area contributed by atoms with Gasteiger partial charge in [-0.2, -0.15) is 0 Å². The first-order chi connectivity index (χ1) is 10.3. The molecule has 2 rings (SSSR count). The van der Waals surface area contributed by atoms with Gasteiger partial charge in [-0.05, 0) is 52.9 Å². The van der Waals surface area contributed by atoms with Crippen molar-refractivity contribution in [3.8, 4) is 0 Å². The fourth-order valence-corrected chi connectivity index (χ4v) is 3.08. The molecule has 0 spiro atoms. The summed E-state index contributed by atoms with van der Waals surface area (Å²) in [6.45, 7) is 7.77. The van der Waals surface area contributed by atoms with Crippen molar-refractivity contribution in [2.75, 3.05) is 19.6 Å². The van der Waals surface area contributed by atoms with E-state index < -0.39 is 5.60 Å². The molecule has 2 unspecified atom stereocenters. The van der Waals surface area contributed by atoms with E-state index in [0.29, 0.717) is 12.6 Å². The van der Waals surface area contributed by atoms with Gasteiger partial charge in [0.25, 0.3) is 0 Å². The van der Waals surface area contributed by atoms with E-state index in [-0.39, 0.29) is 18.0 Å². The molecule has 2 atom stereocenters. The molecule has 2 fully saturated rings. The Morgan fingerprint density at radius 3 is 2.41 bits per heavy atom. The van der Waals surface area contributed by atoms with Crippen molar-refractivity contribution in [2.24, 2.45) is 0 Å². The maximum atomic E-state index is 12.0.